The molecule has 1 aromatic rings. The van der Waals surface area contributed by atoms with Crippen LogP contribution in [0.2, 0.25) is 0 Å². The van der Waals surface area contributed by atoms with Gasteiger partial charge in [-0.3, -0.25) is 0 Å². The quantitative estimate of drug-likeness (QED) is 0.511. The molecule has 0 spiro atoms. The first-order valence-electron chi connectivity index (χ1n) is 3.93. The topological polar surface area (TPSA) is 80.9 Å². The maximum atomic E-state index is 9.31. The Kier molecular flexibility index (Phi) is 2.63. The molecule has 0 fully saturated rings. The number of phenols is 3. The van der Waals surface area contributed by atoms with Gasteiger partial charge in [0.05, 0.1) is 6.10 Å². The van der Waals surface area contributed by atoms with E-state index in [0.717, 1.165) is 0 Å². The first-order valence-corrected chi connectivity index (χ1v) is 3.93. The highest BCUT2D eigenvalue weighted by Crippen LogP contribution is 2.37. The molecule has 0 aliphatic rings. The fourth-order valence-electron chi connectivity index (χ4n) is 1.09. The minimum absolute atomic E-state index is 0.236. The molecule has 0 radical (unpaired) electrons. The fraction of sp³-hybridized carbons (Fsp3) is 0.333. The molecule has 0 aromatic heterocycles. The number of benzene rings is 1. The lowest BCUT2D eigenvalue weighted by Crippen LogP contribution is -2.04. The molecule has 0 heterocycles. The molecule has 72 valence electrons. The van der Waals surface area contributed by atoms with Gasteiger partial charge >= 0.3 is 0 Å². The van der Waals surface area contributed by atoms with Crippen LogP contribution in [0.1, 0.15) is 12.5 Å². The normalized spacial score (nSPS) is 12.8. The predicted octanol–water partition coefficient (Wildman–Crippen LogP) is 0.727. The third-order valence-corrected chi connectivity index (χ3v) is 1.73. The van der Waals surface area contributed by atoms with Crippen molar-refractivity contribution in [1.29, 1.82) is 0 Å². The molecule has 0 aliphatic heterocycles. The van der Waals surface area contributed by atoms with Gasteiger partial charge in [-0.15, -0.1) is 0 Å². The zero-order valence-electron chi connectivity index (χ0n) is 7.23. The molecule has 4 N–H and O–H groups in total. The molecule has 0 bridgehead atoms. The van der Waals surface area contributed by atoms with Gasteiger partial charge in [-0.1, -0.05) is 6.07 Å². The van der Waals surface area contributed by atoms with Crippen LogP contribution < -0.4 is 0 Å². The van der Waals surface area contributed by atoms with E-state index in [2.05, 4.69) is 0 Å². The Hall–Kier alpha value is -1.42. The van der Waals surface area contributed by atoms with Gasteiger partial charge in [0.2, 0.25) is 5.75 Å². The molecule has 1 unspecified atom stereocenters. The molecule has 1 aromatic carbocycles. The summed E-state index contributed by atoms with van der Waals surface area (Å²) >= 11 is 0. The van der Waals surface area contributed by atoms with Crippen molar-refractivity contribution in [2.45, 2.75) is 19.4 Å². The van der Waals surface area contributed by atoms with E-state index < -0.39 is 11.9 Å². The number of hydrogen-bond donors (Lipinski definition) is 4. The first kappa shape index (κ1) is 9.67. The van der Waals surface area contributed by atoms with Crippen LogP contribution in [0.4, 0.5) is 0 Å². The summed E-state index contributed by atoms with van der Waals surface area (Å²) < 4.78 is 0. The van der Waals surface area contributed by atoms with Crippen LogP contribution in [-0.2, 0) is 6.42 Å². The first-order chi connectivity index (χ1) is 6.02. The van der Waals surface area contributed by atoms with Crippen LogP contribution in [0.5, 0.6) is 17.2 Å². The Morgan fingerprint density at radius 1 is 1.15 bits per heavy atom. The van der Waals surface area contributed by atoms with E-state index in [9.17, 15) is 5.11 Å². The lowest BCUT2D eigenvalue weighted by molar-refractivity contribution is 0.194. The molecule has 13 heavy (non-hydrogen) atoms. The summed E-state index contributed by atoms with van der Waals surface area (Å²) in [6.45, 7) is 1.57. The molecule has 1 atom stereocenters. The monoisotopic (exact) mass is 184 g/mol. The summed E-state index contributed by atoms with van der Waals surface area (Å²) in [6.07, 6.45) is -0.366. The molecule has 0 saturated heterocycles. The van der Waals surface area contributed by atoms with E-state index in [1.807, 2.05) is 0 Å². The maximum Gasteiger partial charge on any atom is 0.200 e. The number of aromatic hydroxyl groups is 3. The van der Waals surface area contributed by atoms with E-state index in [-0.39, 0.29) is 17.9 Å². The van der Waals surface area contributed by atoms with Crippen LogP contribution in [0.15, 0.2) is 12.1 Å². The Balaban J connectivity index is 3.04. The maximum absolute atomic E-state index is 9.31. The lowest BCUT2D eigenvalue weighted by Gasteiger charge is -2.08. The molecule has 0 amide bonds. The number of rotatable bonds is 2. The van der Waals surface area contributed by atoms with E-state index in [1.165, 1.54) is 12.1 Å². The van der Waals surface area contributed by atoms with Crippen LogP contribution in [0.3, 0.4) is 0 Å². The van der Waals surface area contributed by atoms with Crippen molar-refractivity contribution in [3.8, 4) is 17.2 Å². The smallest absolute Gasteiger partial charge is 0.200 e. The van der Waals surface area contributed by atoms with Crippen molar-refractivity contribution in [2.24, 2.45) is 0 Å². The second-order valence-electron chi connectivity index (χ2n) is 2.99. The number of aliphatic hydroxyl groups excluding tert-OH is 1. The fourth-order valence-corrected chi connectivity index (χ4v) is 1.09. The zero-order chi connectivity index (χ0) is 10.0. The van der Waals surface area contributed by atoms with Crippen molar-refractivity contribution in [2.75, 3.05) is 0 Å². The van der Waals surface area contributed by atoms with E-state index in [4.69, 9.17) is 15.3 Å². The minimum atomic E-state index is -0.602. The van der Waals surface area contributed by atoms with Gasteiger partial charge in [-0.05, 0) is 13.0 Å². The average molecular weight is 184 g/mol. The standard InChI is InChI=1S/C9H12O4/c1-5(10)4-6-2-3-7(11)9(13)8(6)12/h2-3,5,10-13H,4H2,1H3. The van der Waals surface area contributed by atoms with E-state index >= 15 is 0 Å². The number of aliphatic hydroxyl groups is 1. The van der Waals surface area contributed by atoms with Gasteiger partial charge in [0.15, 0.2) is 11.5 Å². The van der Waals surface area contributed by atoms with Crippen molar-refractivity contribution >= 4 is 0 Å². The van der Waals surface area contributed by atoms with Crippen LogP contribution in [-0.4, -0.2) is 26.5 Å². The third kappa shape index (κ3) is 2.03. The second-order valence-corrected chi connectivity index (χ2v) is 2.99. The van der Waals surface area contributed by atoms with Gasteiger partial charge < -0.3 is 20.4 Å². The molecule has 1 rings (SSSR count). The Bertz CT molecular complexity index is 307. The molecule has 4 nitrogen and oxygen atoms in total. The van der Waals surface area contributed by atoms with Gasteiger partial charge in [0.1, 0.15) is 0 Å². The number of hydrogen-bond acceptors (Lipinski definition) is 4. The highest BCUT2D eigenvalue weighted by Gasteiger charge is 2.11. The minimum Gasteiger partial charge on any atom is -0.504 e. The van der Waals surface area contributed by atoms with Gasteiger partial charge in [0.25, 0.3) is 0 Å². The van der Waals surface area contributed by atoms with Crippen molar-refractivity contribution in [1.82, 2.24) is 0 Å². The van der Waals surface area contributed by atoms with Gasteiger partial charge in [-0.2, -0.15) is 0 Å². The largest absolute Gasteiger partial charge is 0.504 e. The highest BCUT2D eigenvalue weighted by molar-refractivity contribution is 5.53. The molecule has 4 heteroatoms. The summed E-state index contributed by atoms with van der Waals surface area (Å²) in [5, 5.41) is 36.4. The summed E-state index contributed by atoms with van der Waals surface area (Å²) in [5.41, 5.74) is 0.408. The summed E-state index contributed by atoms with van der Waals surface area (Å²) in [7, 11) is 0. The Morgan fingerprint density at radius 3 is 2.31 bits per heavy atom. The highest BCUT2D eigenvalue weighted by atomic mass is 16.3. The van der Waals surface area contributed by atoms with Gasteiger partial charge in [0, 0.05) is 12.0 Å². The summed E-state index contributed by atoms with van der Waals surface area (Å²) in [4.78, 5) is 0. The summed E-state index contributed by atoms with van der Waals surface area (Å²) in [6, 6.07) is 2.73. The van der Waals surface area contributed by atoms with Crippen LogP contribution in [0.25, 0.3) is 0 Å². The molecular weight excluding hydrogens is 172 g/mol. The van der Waals surface area contributed by atoms with Crippen LogP contribution >= 0.6 is 0 Å². The molecular formula is C9H12O4. The molecule has 0 saturated carbocycles. The Morgan fingerprint density at radius 2 is 1.77 bits per heavy atom. The second kappa shape index (κ2) is 3.53. The van der Waals surface area contributed by atoms with E-state index in [1.54, 1.807) is 6.92 Å². The van der Waals surface area contributed by atoms with E-state index in [0.29, 0.717) is 5.56 Å². The third-order valence-electron chi connectivity index (χ3n) is 1.73. The number of phenolic OH excluding ortho intramolecular Hbond substituents is 3. The SMILES string of the molecule is CC(O)Cc1ccc(O)c(O)c1O. The Labute approximate surface area is 75.7 Å². The van der Waals surface area contributed by atoms with Crippen molar-refractivity contribution in [3.63, 3.8) is 0 Å². The summed E-state index contributed by atoms with van der Waals surface area (Å²) in [5.74, 6) is -1.29. The average Bonchev–Trinajstić information content (AvgIpc) is 2.06. The lowest BCUT2D eigenvalue weighted by atomic mass is 10.1. The van der Waals surface area contributed by atoms with Crippen molar-refractivity contribution < 1.29 is 20.4 Å². The predicted molar refractivity (Wildman–Crippen MR) is 46.8 cm³/mol. The van der Waals surface area contributed by atoms with Gasteiger partial charge in [-0.25, -0.2) is 0 Å². The van der Waals surface area contributed by atoms with Crippen LogP contribution in [0, 0.1) is 0 Å². The zero-order valence-corrected chi connectivity index (χ0v) is 7.23. The van der Waals surface area contributed by atoms with Crippen molar-refractivity contribution in [3.05, 3.63) is 17.7 Å². The molecule has 0 aliphatic carbocycles.